The first kappa shape index (κ1) is 13.7. The van der Waals surface area contributed by atoms with Gasteiger partial charge in [0.05, 0.1) is 6.61 Å². The number of phenolic OH excluding ortho intramolecular Hbond substituents is 1. The minimum atomic E-state index is -1.06. The van der Waals surface area contributed by atoms with Crippen molar-refractivity contribution in [3.05, 3.63) is 53.6 Å². The standard InChI is InChI=1S/C19H14O5/c20-18-12-4-2-1-3-11(12)16(17-13(18)8-22-19(17)21)10-5-6-14-15(7-10)24-9-23-14/h1-7,19-21H,8-9H2. The van der Waals surface area contributed by atoms with Crippen molar-refractivity contribution in [1.29, 1.82) is 0 Å². The van der Waals surface area contributed by atoms with Crippen LogP contribution in [0.25, 0.3) is 21.9 Å². The summed E-state index contributed by atoms with van der Waals surface area (Å²) in [5.74, 6) is 1.55. The van der Waals surface area contributed by atoms with E-state index in [1.807, 2.05) is 42.5 Å². The van der Waals surface area contributed by atoms with Crippen LogP contribution in [-0.4, -0.2) is 17.0 Å². The van der Waals surface area contributed by atoms with Gasteiger partial charge in [-0.2, -0.15) is 0 Å². The number of hydrogen-bond acceptors (Lipinski definition) is 5. The number of fused-ring (bicyclic) bond motifs is 3. The maximum Gasteiger partial charge on any atom is 0.231 e. The third-order valence-corrected chi connectivity index (χ3v) is 4.63. The molecule has 0 radical (unpaired) electrons. The zero-order valence-corrected chi connectivity index (χ0v) is 12.7. The molecule has 2 heterocycles. The van der Waals surface area contributed by atoms with Gasteiger partial charge in [0.2, 0.25) is 6.79 Å². The molecule has 5 rings (SSSR count). The van der Waals surface area contributed by atoms with Crippen LogP contribution in [0, 0.1) is 0 Å². The van der Waals surface area contributed by atoms with Crippen molar-refractivity contribution in [2.24, 2.45) is 0 Å². The van der Waals surface area contributed by atoms with Crippen LogP contribution in [0.3, 0.4) is 0 Å². The molecule has 120 valence electrons. The summed E-state index contributed by atoms with van der Waals surface area (Å²) in [4.78, 5) is 0. The lowest BCUT2D eigenvalue weighted by molar-refractivity contribution is -0.0916. The Morgan fingerprint density at radius 1 is 0.958 bits per heavy atom. The zero-order valence-electron chi connectivity index (χ0n) is 12.7. The average molecular weight is 322 g/mol. The van der Waals surface area contributed by atoms with Gasteiger partial charge in [-0.05, 0) is 28.6 Å². The van der Waals surface area contributed by atoms with Crippen LogP contribution < -0.4 is 9.47 Å². The van der Waals surface area contributed by atoms with Crippen molar-refractivity contribution in [2.45, 2.75) is 12.9 Å². The van der Waals surface area contributed by atoms with E-state index in [-0.39, 0.29) is 19.1 Å². The van der Waals surface area contributed by atoms with Gasteiger partial charge in [0.1, 0.15) is 5.75 Å². The summed E-state index contributed by atoms with van der Waals surface area (Å²) in [5.41, 5.74) is 2.98. The van der Waals surface area contributed by atoms with Gasteiger partial charge < -0.3 is 24.4 Å². The Morgan fingerprint density at radius 3 is 2.62 bits per heavy atom. The first-order valence-corrected chi connectivity index (χ1v) is 7.70. The molecular formula is C19H14O5. The minimum absolute atomic E-state index is 0.168. The lowest BCUT2D eigenvalue weighted by Gasteiger charge is -2.16. The third-order valence-electron chi connectivity index (χ3n) is 4.63. The van der Waals surface area contributed by atoms with Crippen molar-refractivity contribution in [3.8, 4) is 28.4 Å². The molecule has 1 unspecified atom stereocenters. The lowest BCUT2D eigenvalue weighted by Crippen LogP contribution is -1.98. The molecule has 0 spiro atoms. The van der Waals surface area contributed by atoms with Crippen molar-refractivity contribution in [3.63, 3.8) is 0 Å². The van der Waals surface area contributed by atoms with Gasteiger partial charge in [-0.1, -0.05) is 30.3 Å². The van der Waals surface area contributed by atoms with Crippen LogP contribution in [0.5, 0.6) is 17.2 Å². The van der Waals surface area contributed by atoms with Crippen molar-refractivity contribution in [1.82, 2.24) is 0 Å². The van der Waals surface area contributed by atoms with E-state index in [9.17, 15) is 10.2 Å². The summed E-state index contributed by atoms with van der Waals surface area (Å²) in [6.45, 7) is 0.393. The Bertz CT molecular complexity index is 979. The fraction of sp³-hybridized carbons (Fsp3) is 0.158. The first-order chi connectivity index (χ1) is 11.7. The van der Waals surface area contributed by atoms with Gasteiger partial charge in [-0.15, -0.1) is 0 Å². The molecule has 0 saturated heterocycles. The van der Waals surface area contributed by atoms with Gasteiger partial charge in [0, 0.05) is 16.5 Å². The number of aromatic hydroxyl groups is 1. The van der Waals surface area contributed by atoms with Crippen LogP contribution in [0.15, 0.2) is 42.5 Å². The highest BCUT2D eigenvalue weighted by atomic mass is 16.7. The van der Waals surface area contributed by atoms with Gasteiger partial charge in [-0.25, -0.2) is 0 Å². The van der Waals surface area contributed by atoms with Crippen molar-refractivity contribution in [2.75, 3.05) is 6.79 Å². The molecule has 1 atom stereocenters. The quantitative estimate of drug-likeness (QED) is 0.718. The fourth-order valence-electron chi connectivity index (χ4n) is 3.52. The second kappa shape index (κ2) is 4.87. The SMILES string of the molecule is Oc1c2c(c(-c3ccc4c(c3)OCO4)c3ccccc13)C(O)OC2. The molecule has 0 bridgehead atoms. The van der Waals surface area contributed by atoms with Crippen LogP contribution in [-0.2, 0) is 11.3 Å². The highest BCUT2D eigenvalue weighted by molar-refractivity contribution is 6.03. The average Bonchev–Trinajstić information content (AvgIpc) is 3.22. The molecular weight excluding hydrogens is 308 g/mol. The number of aliphatic hydroxyl groups is 1. The topological polar surface area (TPSA) is 68.2 Å². The van der Waals surface area contributed by atoms with E-state index in [1.165, 1.54) is 0 Å². The van der Waals surface area contributed by atoms with E-state index in [0.29, 0.717) is 22.6 Å². The molecule has 2 N–H and O–H groups in total. The van der Waals surface area contributed by atoms with Gasteiger partial charge in [0.15, 0.2) is 17.8 Å². The molecule has 5 nitrogen and oxygen atoms in total. The molecule has 24 heavy (non-hydrogen) atoms. The molecule has 0 amide bonds. The lowest BCUT2D eigenvalue weighted by atomic mass is 9.89. The van der Waals surface area contributed by atoms with Crippen LogP contribution in [0.4, 0.5) is 0 Å². The maximum absolute atomic E-state index is 10.6. The third kappa shape index (κ3) is 1.76. The number of aliphatic hydroxyl groups excluding tert-OH is 1. The summed E-state index contributed by atoms with van der Waals surface area (Å²) in [6.07, 6.45) is -1.06. The predicted octanol–water partition coefficient (Wildman–Crippen LogP) is 3.46. The number of rotatable bonds is 1. The highest BCUT2D eigenvalue weighted by Crippen LogP contribution is 2.48. The normalized spacial score (nSPS) is 18.1. The summed E-state index contributed by atoms with van der Waals surface area (Å²) in [5, 5.41) is 22.5. The van der Waals surface area contributed by atoms with Crippen LogP contribution in [0.1, 0.15) is 17.4 Å². The summed E-state index contributed by atoms with van der Waals surface area (Å²) >= 11 is 0. The number of phenols is 1. The Morgan fingerprint density at radius 2 is 1.75 bits per heavy atom. The Kier molecular flexibility index (Phi) is 2.77. The molecule has 2 aliphatic heterocycles. The number of hydrogen-bond donors (Lipinski definition) is 2. The highest BCUT2D eigenvalue weighted by Gasteiger charge is 2.31. The molecule has 3 aromatic carbocycles. The number of benzene rings is 3. The van der Waals surface area contributed by atoms with Crippen LogP contribution in [0.2, 0.25) is 0 Å². The summed E-state index contributed by atoms with van der Waals surface area (Å²) in [6, 6.07) is 13.3. The second-order valence-electron chi connectivity index (χ2n) is 5.89. The van der Waals surface area contributed by atoms with E-state index in [4.69, 9.17) is 14.2 Å². The van der Waals surface area contributed by atoms with Crippen molar-refractivity contribution < 1.29 is 24.4 Å². The Labute approximate surface area is 137 Å². The van der Waals surface area contributed by atoms with E-state index in [1.54, 1.807) is 0 Å². The van der Waals surface area contributed by atoms with Gasteiger partial charge >= 0.3 is 0 Å². The summed E-state index contributed by atoms with van der Waals surface area (Å²) in [7, 11) is 0. The molecule has 3 aromatic rings. The molecule has 2 aliphatic rings. The molecule has 0 saturated carbocycles. The molecule has 0 aromatic heterocycles. The summed E-state index contributed by atoms with van der Waals surface area (Å²) < 4.78 is 16.2. The molecule has 0 fully saturated rings. The fourth-order valence-corrected chi connectivity index (χ4v) is 3.52. The Hall–Kier alpha value is -2.76. The second-order valence-corrected chi connectivity index (χ2v) is 5.89. The first-order valence-electron chi connectivity index (χ1n) is 7.70. The Balaban J connectivity index is 1.88. The number of ether oxygens (including phenoxy) is 3. The molecule has 0 aliphatic carbocycles. The smallest absolute Gasteiger partial charge is 0.231 e. The van der Waals surface area contributed by atoms with Gasteiger partial charge in [0.25, 0.3) is 0 Å². The van der Waals surface area contributed by atoms with Crippen LogP contribution >= 0.6 is 0 Å². The van der Waals surface area contributed by atoms with Crippen molar-refractivity contribution >= 4 is 10.8 Å². The predicted molar refractivity (Wildman–Crippen MR) is 86.9 cm³/mol. The van der Waals surface area contributed by atoms with Gasteiger partial charge in [-0.3, -0.25) is 0 Å². The zero-order chi connectivity index (χ0) is 16.3. The monoisotopic (exact) mass is 322 g/mol. The molecule has 5 heteroatoms. The van der Waals surface area contributed by atoms with E-state index in [2.05, 4.69) is 0 Å². The van der Waals surface area contributed by atoms with E-state index in [0.717, 1.165) is 21.9 Å². The van der Waals surface area contributed by atoms with E-state index < -0.39 is 6.29 Å². The van der Waals surface area contributed by atoms with E-state index >= 15 is 0 Å². The maximum atomic E-state index is 10.6. The minimum Gasteiger partial charge on any atom is -0.507 e. The largest absolute Gasteiger partial charge is 0.507 e.